The average molecular weight is 202 g/mol. The molecule has 0 saturated carbocycles. The summed E-state index contributed by atoms with van der Waals surface area (Å²) in [5, 5.41) is 0. The van der Waals surface area contributed by atoms with Crippen LogP contribution in [0.25, 0.3) is 0 Å². The Balaban J connectivity index is 0.000000980. The third-order valence-electron chi connectivity index (χ3n) is 3.66. The number of halogens is 1. The van der Waals surface area contributed by atoms with Gasteiger partial charge in [-0.1, -0.05) is 6.92 Å². The maximum atomic E-state index is 2.72. The summed E-state index contributed by atoms with van der Waals surface area (Å²) in [7, 11) is 0. The molecule has 2 rings (SSSR count). The van der Waals surface area contributed by atoms with Crippen LogP contribution in [0.3, 0.4) is 0 Å². The van der Waals surface area contributed by atoms with Gasteiger partial charge in [-0.05, 0) is 58.4 Å². The van der Waals surface area contributed by atoms with E-state index in [-0.39, 0.29) is 4.70 Å². The fourth-order valence-electron chi connectivity index (χ4n) is 2.71. The fourth-order valence-corrected chi connectivity index (χ4v) is 2.71. The van der Waals surface area contributed by atoms with Crippen molar-refractivity contribution in [2.75, 3.05) is 32.7 Å². The van der Waals surface area contributed by atoms with E-state index in [2.05, 4.69) is 16.7 Å². The van der Waals surface area contributed by atoms with Gasteiger partial charge in [0, 0.05) is 6.04 Å². The second kappa shape index (κ2) is 5.66. The largest absolute Gasteiger partial charge is 0.303 e. The lowest BCUT2D eigenvalue weighted by Gasteiger charge is -2.36. The summed E-state index contributed by atoms with van der Waals surface area (Å²) in [5.41, 5.74) is 0. The van der Waals surface area contributed by atoms with Gasteiger partial charge in [0.25, 0.3) is 0 Å². The second-order valence-electron chi connectivity index (χ2n) is 4.41. The molecule has 2 heterocycles. The molecule has 0 amide bonds. The zero-order valence-corrected chi connectivity index (χ0v) is 9.24. The lowest BCUT2D eigenvalue weighted by atomic mass is 10.0. The minimum Gasteiger partial charge on any atom is -0.303 e. The number of likely N-dealkylation sites (tertiary alicyclic amines) is 2. The average Bonchev–Trinajstić information content (AvgIpc) is 2.71. The molecule has 0 aromatic rings. The van der Waals surface area contributed by atoms with Crippen molar-refractivity contribution in [3.63, 3.8) is 0 Å². The summed E-state index contributed by atoms with van der Waals surface area (Å²) in [6.45, 7) is 8.92. The fraction of sp³-hybridized carbons (Fsp3) is 1.00. The highest BCUT2D eigenvalue weighted by Crippen LogP contribution is 2.20. The summed E-state index contributed by atoms with van der Waals surface area (Å²) in [4.78, 5) is 5.29. The minimum absolute atomic E-state index is 0. The molecule has 0 bridgehead atoms. The van der Waals surface area contributed by atoms with Gasteiger partial charge in [-0.25, -0.2) is 0 Å². The van der Waals surface area contributed by atoms with Gasteiger partial charge < -0.3 is 9.80 Å². The van der Waals surface area contributed by atoms with Crippen molar-refractivity contribution in [2.24, 2.45) is 0 Å². The number of hydrogen-bond acceptors (Lipinski definition) is 2. The Bertz CT molecular complexity index is 149. The molecule has 14 heavy (non-hydrogen) atoms. The first-order valence-electron chi connectivity index (χ1n) is 5.86. The molecule has 0 aromatic heterocycles. The van der Waals surface area contributed by atoms with E-state index >= 15 is 0 Å². The van der Waals surface area contributed by atoms with Crippen LogP contribution in [0.1, 0.15) is 32.6 Å². The third kappa shape index (κ3) is 2.67. The van der Waals surface area contributed by atoms with Gasteiger partial charge in [-0.3, -0.25) is 4.70 Å². The van der Waals surface area contributed by atoms with Crippen LogP contribution in [0.4, 0.5) is 4.70 Å². The quantitative estimate of drug-likeness (QED) is 0.673. The predicted molar refractivity (Wildman–Crippen MR) is 58.4 cm³/mol. The number of rotatable bonds is 2. The molecule has 0 radical (unpaired) electrons. The lowest BCUT2D eigenvalue weighted by molar-refractivity contribution is 0.131. The first-order valence-corrected chi connectivity index (χ1v) is 5.86. The van der Waals surface area contributed by atoms with Crippen LogP contribution in [0.5, 0.6) is 0 Å². The predicted octanol–water partition coefficient (Wildman–Crippen LogP) is 1.72. The van der Waals surface area contributed by atoms with E-state index in [1.165, 1.54) is 58.4 Å². The molecule has 2 saturated heterocycles. The van der Waals surface area contributed by atoms with E-state index < -0.39 is 0 Å². The topological polar surface area (TPSA) is 6.48 Å². The smallest absolute Gasteiger partial charge is 0.0120 e. The molecule has 0 aromatic carbocycles. The summed E-state index contributed by atoms with van der Waals surface area (Å²) in [5.74, 6) is 0. The molecule has 0 N–H and O–H groups in total. The third-order valence-corrected chi connectivity index (χ3v) is 3.66. The second-order valence-corrected chi connectivity index (χ2v) is 4.41. The Labute approximate surface area is 86.6 Å². The Morgan fingerprint density at radius 3 is 2.07 bits per heavy atom. The zero-order valence-electron chi connectivity index (χ0n) is 9.24. The Kier molecular flexibility index (Phi) is 4.82. The molecule has 84 valence electrons. The highest BCUT2D eigenvalue weighted by Gasteiger charge is 2.25. The van der Waals surface area contributed by atoms with Crippen LogP contribution in [0, 0.1) is 0 Å². The van der Waals surface area contributed by atoms with E-state index in [0.29, 0.717) is 0 Å². The number of nitrogens with zero attached hydrogens (tertiary/aromatic N) is 2. The van der Waals surface area contributed by atoms with Crippen molar-refractivity contribution in [3.8, 4) is 0 Å². The van der Waals surface area contributed by atoms with Gasteiger partial charge in [0.2, 0.25) is 0 Å². The summed E-state index contributed by atoms with van der Waals surface area (Å²) in [6, 6.07) is 0.922. The van der Waals surface area contributed by atoms with Crippen molar-refractivity contribution in [1.29, 1.82) is 0 Å². The van der Waals surface area contributed by atoms with Crippen LogP contribution < -0.4 is 0 Å². The molecule has 2 nitrogen and oxygen atoms in total. The van der Waals surface area contributed by atoms with E-state index in [9.17, 15) is 0 Å². The van der Waals surface area contributed by atoms with Gasteiger partial charge in [0.05, 0.1) is 0 Å². The molecule has 0 spiro atoms. The van der Waals surface area contributed by atoms with E-state index in [0.717, 1.165) is 6.04 Å². The van der Waals surface area contributed by atoms with E-state index in [1.807, 2.05) is 0 Å². The highest BCUT2D eigenvalue weighted by atomic mass is 19.0. The Morgan fingerprint density at radius 1 is 1.00 bits per heavy atom. The first-order chi connectivity index (χ1) is 6.40. The molecule has 0 aliphatic carbocycles. The van der Waals surface area contributed by atoms with Crippen molar-refractivity contribution >= 4 is 0 Å². The Morgan fingerprint density at radius 2 is 1.57 bits per heavy atom. The molecular formula is C11H23FN2. The standard InChI is InChI=1S/C11H22N2.FH/c1-2-12-9-5-11(6-10-12)13-7-3-4-8-13;/h11H,2-10H2,1H3;1H. The van der Waals surface area contributed by atoms with E-state index in [1.54, 1.807) is 0 Å². The molecule has 2 aliphatic rings. The molecule has 3 heteroatoms. The van der Waals surface area contributed by atoms with Crippen molar-refractivity contribution in [3.05, 3.63) is 0 Å². The van der Waals surface area contributed by atoms with Crippen LogP contribution >= 0.6 is 0 Å². The van der Waals surface area contributed by atoms with Gasteiger partial charge in [0.1, 0.15) is 0 Å². The monoisotopic (exact) mass is 202 g/mol. The summed E-state index contributed by atoms with van der Waals surface area (Å²) < 4.78 is 0. The first kappa shape index (κ1) is 11.9. The Hall–Kier alpha value is -0.150. The molecule has 2 aliphatic heterocycles. The zero-order chi connectivity index (χ0) is 9.10. The van der Waals surface area contributed by atoms with Crippen molar-refractivity contribution in [1.82, 2.24) is 9.80 Å². The molecular weight excluding hydrogens is 179 g/mol. The van der Waals surface area contributed by atoms with E-state index in [4.69, 9.17) is 0 Å². The SMILES string of the molecule is CCN1CCC(N2CCCC2)CC1.F. The van der Waals surface area contributed by atoms with Gasteiger partial charge >= 0.3 is 0 Å². The van der Waals surface area contributed by atoms with Gasteiger partial charge in [-0.2, -0.15) is 0 Å². The van der Waals surface area contributed by atoms with Crippen LogP contribution in [-0.4, -0.2) is 48.6 Å². The molecule has 2 fully saturated rings. The van der Waals surface area contributed by atoms with Gasteiger partial charge in [-0.15, -0.1) is 0 Å². The summed E-state index contributed by atoms with van der Waals surface area (Å²) in [6.07, 6.45) is 5.70. The van der Waals surface area contributed by atoms with Gasteiger partial charge in [0.15, 0.2) is 0 Å². The van der Waals surface area contributed by atoms with Crippen LogP contribution in [-0.2, 0) is 0 Å². The number of piperidine rings is 1. The molecule has 0 atom stereocenters. The van der Waals surface area contributed by atoms with Crippen LogP contribution in [0.15, 0.2) is 0 Å². The summed E-state index contributed by atoms with van der Waals surface area (Å²) >= 11 is 0. The highest BCUT2D eigenvalue weighted by molar-refractivity contribution is 4.81. The number of hydrogen-bond donors (Lipinski definition) is 0. The lowest BCUT2D eigenvalue weighted by Crippen LogP contribution is -2.43. The van der Waals surface area contributed by atoms with Crippen molar-refractivity contribution < 1.29 is 4.70 Å². The maximum absolute atomic E-state index is 2.72. The van der Waals surface area contributed by atoms with Crippen molar-refractivity contribution in [2.45, 2.75) is 38.6 Å². The normalized spacial score (nSPS) is 26.4. The maximum Gasteiger partial charge on any atom is 0.0120 e. The minimum atomic E-state index is 0. The molecule has 0 unspecified atom stereocenters. The van der Waals surface area contributed by atoms with Crippen LogP contribution in [0.2, 0.25) is 0 Å².